The van der Waals surface area contributed by atoms with Gasteiger partial charge in [0.2, 0.25) is 10.0 Å². The lowest BCUT2D eigenvalue weighted by Gasteiger charge is -2.36. The largest absolute Gasteiger partial charge is 0.243 e. The first-order valence-corrected chi connectivity index (χ1v) is 10.4. The minimum Gasteiger partial charge on any atom is -0.207 e. The molecule has 1 aromatic rings. The van der Waals surface area contributed by atoms with Gasteiger partial charge in [-0.25, -0.2) is 8.42 Å². The van der Waals surface area contributed by atoms with Crippen LogP contribution in [-0.4, -0.2) is 25.3 Å². The maximum absolute atomic E-state index is 13.2. The van der Waals surface area contributed by atoms with Crippen LogP contribution in [0.15, 0.2) is 29.2 Å². The van der Waals surface area contributed by atoms with Gasteiger partial charge in [-0.15, -0.1) is 0 Å². The van der Waals surface area contributed by atoms with Crippen molar-refractivity contribution in [2.75, 3.05) is 6.54 Å². The van der Waals surface area contributed by atoms with E-state index in [4.69, 9.17) is 0 Å². The fourth-order valence-corrected chi connectivity index (χ4v) is 5.17. The first-order valence-electron chi connectivity index (χ1n) is 8.97. The SMILES string of the molecule is CC([C@@H]1CCCN1S(=O)(=O)c1ccc(C(C)(C)C)cc1)C(C)(C)C. The third kappa shape index (κ3) is 3.85. The summed E-state index contributed by atoms with van der Waals surface area (Å²) in [5, 5.41) is 0. The van der Waals surface area contributed by atoms with Gasteiger partial charge in [0.05, 0.1) is 4.90 Å². The van der Waals surface area contributed by atoms with Crippen LogP contribution in [0, 0.1) is 11.3 Å². The lowest BCUT2D eigenvalue weighted by atomic mass is 9.77. The number of hydrogen-bond acceptors (Lipinski definition) is 2. The summed E-state index contributed by atoms with van der Waals surface area (Å²) in [6.07, 6.45) is 1.90. The summed E-state index contributed by atoms with van der Waals surface area (Å²) in [5.41, 5.74) is 1.28. The Balaban J connectivity index is 2.32. The second kappa shape index (κ2) is 6.45. The highest BCUT2D eigenvalue weighted by Gasteiger charge is 2.41. The molecule has 2 rings (SSSR count). The van der Waals surface area contributed by atoms with Crippen molar-refractivity contribution < 1.29 is 8.42 Å². The van der Waals surface area contributed by atoms with E-state index in [-0.39, 0.29) is 16.9 Å². The van der Waals surface area contributed by atoms with Gasteiger partial charge < -0.3 is 0 Å². The van der Waals surface area contributed by atoms with Gasteiger partial charge in [0, 0.05) is 12.6 Å². The Morgan fingerprint density at radius 2 is 1.58 bits per heavy atom. The van der Waals surface area contributed by atoms with Gasteiger partial charge in [-0.3, -0.25) is 0 Å². The average Bonchev–Trinajstić information content (AvgIpc) is 2.94. The minimum atomic E-state index is -3.42. The second-order valence-corrected chi connectivity index (χ2v) is 11.1. The molecule has 24 heavy (non-hydrogen) atoms. The highest BCUT2D eigenvalue weighted by atomic mass is 32.2. The molecule has 1 aliphatic rings. The molecule has 1 unspecified atom stereocenters. The number of benzene rings is 1. The van der Waals surface area contributed by atoms with Crippen LogP contribution >= 0.6 is 0 Å². The molecule has 1 fully saturated rings. The molecular weight excluding hydrogens is 318 g/mol. The molecule has 1 saturated heterocycles. The summed E-state index contributed by atoms with van der Waals surface area (Å²) in [5.74, 6) is 0.323. The monoisotopic (exact) mass is 351 g/mol. The van der Waals surface area contributed by atoms with E-state index in [0.29, 0.717) is 17.4 Å². The van der Waals surface area contributed by atoms with Gasteiger partial charge in [-0.2, -0.15) is 4.31 Å². The van der Waals surface area contributed by atoms with E-state index in [2.05, 4.69) is 48.5 Å². The van der Waals surface area contributed by atoms with Crippen LogP contribution in [0.1, 0.15) is 66.9 Å². The topological polar surface area (TPSA) is 37.4 Å². The predicted molar refractivity (Wildman–Crippen MR) is 101 cm³/mol. The van der Waals surface area contributed by atoms with E-state index in [1.807, 2.05) is 12.1 Å². The van der Waals surface area contributed by atoms with Gasteiger partial charge in [-0.05, 0) is 47.3 Å². The lowest BCUT2D eigenvalue weighted by molar-refractivity contribution is 0.167. The third-order valence-corrected chi connectivity index (χ3v) is 7.46. The number of rotatable bonds is 3. The summed E-state index contributed by atoms with van der Waals surface area (Å²) in [6.45, 7) is 15.8. The lowest BCUT2D eigenvalue weighted by Crippen LogP contribution is -2.43. The molecular formula is C20H33NO2S. The minimum absolute atomic E-state index is 0.0270. The number of hydrogen-bond donors (Lipinski definition) is 0. The summed E-state index contributed by atoms with van der Waals surface area (Å²) in [4.78, 5) is 0.420. The molecule has 136 valence electrons. The summed E-state index contributed by atoms with van der Waals surface area (Å²) < 4.78 is 28.1. The van der Waals surface area contributed by atoms with Crippen LogP contribution in [0.25, 0.3) is 0 Å². The van der Waals surface area contributed by atoms with E-state index < -0.39 is 10.0 Å². The second-order valence-electron chi connectivity index (χ2n) is 9.25. The van der Waals surface area contributed by atoms with Crippen molar-refractivity contribution in [1.82, 2.24) is 4.31 Å². The third-order valence-electron chi connectivity index (χ3n) is 5.52. The van der Waals surface area contributed by atoms with Crippen LogP contribution in [0.5, 0.6) is 0 Å². The number of sulfonamides is 1. The predicted octanol–water partition coefficient (Wildman–Crippen LogP) is 4.82. The van der Waals surface area contributed by atoms with Crippen molar-refractivity contribution in [3.8, 4) is 0 Å². The van der Waals surface area contributed by atoms with Crippen LogP contribution < -0.4 is 0 Å². The fraction of sp³-hybridized carbons (Fsp3) is 0.700. The molecule has 0 aliphatic carbocycles. The molecule has 1 heterocycles. The van der Waals surface area contributed by atoms with Crippen molar-refractivity contribution >= 4 is 10.0 Å². The van der Waals surface area contributed by atoms with E-state index in [1.54, 1.807) is 16.4 Å². The molecule has 0 bridgehead atoms. The molecule has 3 nitrogen and oxygen atoms in total. The van der Waals surface area contributed by atoms with Crippen molar-refractivity contribution in [2.45, 2.75) is 77.7 Å². The van der Waals surface area contributed by atoms with Gasteiger partial charge in [0.15, 0.2) is 0 Å². The van der Waals surface area contributed by atoms with Crippen LogP contribution in [0.3, 0.4) is 0 Å². The quantitative estimate of drug-likeness (QED) is 0.783. The standard InChI is InChI=1S/C20H33NO2S/c1-15(19(2,3)4)18-9-8-14-21(18)24(22,23)17-12-10-16(11-13-17)20(5,6)7/h10-13,15,18H,8-9,14H2,1-7H3/t15?,18-/m0/s1. The van der Waals surface area contributed by atoms with E-state index >= 15 is 0 Å². The molecule has 1 aliphatic heterocycles. The Kier molecular flexibility index (Phi) is 5.23. The maximum atomic E-state index is 13.2. The van der Waals surface area contributed by atoms with Crippen molar-refractivity contribution in [2.24, 2.45) is 11.3 Å². The Hall–Kier alpha value is -0.870. The van der Waals surface area contributed by atoms with Crippen LogP contribution in [0.4, 0.5) is 0 Å². The average molecular weight is 352 g/mol. The van der Waals surface area contributed by atoms with Crippen molar-refractivity contribution in [3.63, 3.8) is 0 Å². The zero-order valence-electron chi connectivity index (χ0n) is 16.3. The van der Waals surface area contributed by atoms with E-state index in [0.717, 1.165) is 18.4 Å². The van der Waals surface area contributed by atoms with Crippen molar-refractivity contribution in [3.05, 3.63) is 29.8 Å². The first-order chi connectivity index (χ1) is 10.8. The summed E-state index contributed by atoms with van der Waals surface area (Å²) >= 11 is 0. The van der Waals surface area contributed by atoms with Gasteiger partial charge in [0.1, 0.15) is 0 Å². The van der Waals surface area contributed by atoms with Gasteiger partial charge in [-0.1, -0.05) is 60.6 Å². The van der Waals surface area contributed by atoms with E-state index in [1.165, 1.54) is 0 Å². The molecule has 0 N–H and O–H groups in total. The highest BCUT2D eigenvalue weighted by Crippen LogP contribution is 2.38. The summed E-state index contributed by atoms with van der Waals surface area (Å²) in [6, 6.07) is 7.54. The first kappa shape index (κ1) is 19.5. The zero-order chi connectivity index (χ0) is 18.3. The van der Waals surface area contributed by atoms with Crippen LogP contribution in [-0.2, 0) is 15.4 Å². The molecule has 0 radical (unpaired) electrons. The molecule has 0 saturated carbocycles. The Labute approximate surface area is 148 Å². The van der Waals surface area contributed by atoms with Gasteiger partial charge >= 0.3 is 0 Å². The van der Waals surface area contributed by atoms with Gasteiger partial charge in [0.25, 0.3) is 0 Å². The highest BCUT2D eigenvalue weighted by molar-refractivity contribution is 7.89. The normalized spacial score (nSPS) is 21.9. The molecule has 0 amide bonds. The fourth-order valence-electron chi connectivity index (χ4n) is 3.40. The Morgan fingerprint density at radius 1 is 1.04 bits per heavy atom. The smallest absolute Gasteiger partial charge is 0.207 e. The molecule has 1 aromatic carbocycles. The maximum Gasteiger partial charge on any atom is 0.243 e. The van der Waals surface area contributed by atoms with Crippen molar-refractivity contribution in [1.29, 1.82) is 0 Å². The molecule has 2 atom stereocenters. The molecule has 4 heteroatoms. The zero-order valence-corrected chi connectivity index (χ0v) is 17.1. The number of nitrogens with zero attached hydrogens (tertiary/aromatic N) is 1. The Morgan fingerprint density at radius 3 is 2.04 bits per heavy atom. The van der Waals surface area contributed by atoms with E-state index in [9.17, 15) is 8.42 Å². The molecule has 0 spiro atoms. The Bertz CT molecular complexity index is 663. The molecule has 0 aromatic heterocycles. The van der Waals surface area contributed by atoms with Crippen LogP contribution in [0.2, 0.25) is 0 Å². The summed E-state index contributed by atoms with van der Waals surface area (Å²) in [7, 11) is -3.42.